The van der Waals surface area contributed by atoms with Crippen molar-refractivity contribution in [1.82, 2.24) is 0 Å². The first-order chi connectivity index (χ1) is 12.7. The van der Waals surface area contributed by atoms with Crippen LogP contribution in [-0.4, -0.2) is 32.7 Å². The molecule has 0 unspecified atom stereocenters. The number of esters is 1. The Hall–Kier alpha value is -2.19. The van der Waals surface area contributed by atoms with Crippen LogP contribution in [-0.2, 0) is 19.4 Å². The van der Waals surface area contributed by atoms with Gasteiger partial charge in [-0.25, -0.2) is 13.2 Å². The highest BCUT2D eigenvalue weighted by Gasteiger charge is 2.17. The summed E-state index contributed by atoms with van der Waals surface area (Å²) in [6, 6.07) is 8.36. The van der Waals surface area contributed by atoms with Crippen LogP contribution in [0, 0.1) is 13.8 Å². The lowest BCUT2D eigenvalue weighted by Gasteiger charge is -2.05. The van der Waals surface area contributed by atoms with E-state index in [4.69, 9.17) is 4.74 Å². The molecule has 2 aromatic rings. The first kappa shape index (κ1) is 21.1. The second-order valence-electron chi connectivity index (χ2n) is 6.13. The Balaban J connectivity index is 1.88. The SMILES string of the molecule is CCOC(=O)c1sc(NC(=O)CCCS(=O)(=O)c2ccc(C)cc2)cc1C. The summed E-state index contributed by atoms with van der Waals surface area (Å²) in [4.78, 5) is 24.6. The van der Waals surface area contributed by atoms with E-state index in [9.17, 15) is 18.0 Å². The van der Waals surface area contributed by atoms with E-state index in [2.05, 4.69) is 5.32 Å². The molecule has 0 aliphatic rings. The Kier molecular flexibility index (Phi) is 7.15. The van der Waals surface area contributed by atoms with Crippen molar-refractivity contribution in [3.05, 3.63) is 46.3 Å². The highest BCUT2D eigenvalue weighted by atomic mass is 32.2. The van der Waals surface area contributed by atoms with Crippen LogP contribution in [0.4, 0.5) is 5.00 Å². The number of hydrogen-bond donors (Lipinski definition) is 1. The van der Waals surface area contributed by atoms with Crippen molar-refractivity contribution >= 4 is 38.1 Å². The van der Waals surface area contributed by atoms with Crippen LogP contribution >= 0.6 is 11.3 Å². The third-order valence-corrected chi connectivity index (χ3v) is 6.79. The van der Waals surface area contributed by atoms with Crippen molar-refractivity contribution in [3.63, 3.8) is 0 Å². The highest BCUT2D eigenvalue weighted by Crippen LogP contribution is 2.27. The monoisotopic (exact) mass is 409 g/mol. The average Bonchev–Trinajstić information content (AvgIpc) is 2.95. The molecule has 0 spiro atoms. The van der Waals surface area contributed by atoms with Gasteiger partial charge in [0.05, 0.1) is 22.3 Å². The molecule has 0 bridgehead atoms. The van der Waals surface area contributed by atoms with E-state index in [1.54, 1.807) is 44.2 Å². The maximum atomic E-state index is 12.3. The van der Waals surface area contributed by atoms with E-state index < -0.39 is 15.8 Å². The van der Waals surface area contributed by atoms with Gasteiger partial charge in [0, 0.05) is 6.42 Å². The number of benzene rings is 1. The lowest BCUT2D eigenvalue weighted by atomic mass is 10.2. The third-order valence-electron chi connectivity index (χ3n) is 3.84. The molecule has 0 saturated carbocycles. The summed E-state index contributed by atoms with van der Waals surface area (Å²) in [5, 5.41) is 3.25. The standard InChI is InChI=1S/C19H23NO5S2/c1-4-25-19(22)18-14(3)12-17(26-18)20-16(21)6-5-11-27(23,24)15-9-7-13(2)8-10-15/h7-10,12H,4-6,11H2,1-3H3,(H,20,21). The zero-order valence-electron chi connectivity index (χ0n) is 15.6. The molecule has 0 saturated heterocycles. The largest absolute Gasteiger partial charge is 0.462 e. The molecular weight excluding hydrogens is 386 g/mol. The predicted octanol–water partition coefficient (Wildman–Crippen LogP) is 3.73. The van der Waals surface area contributed by atoms with E-state index in [0.29, 0.717) is 9.88 Å². The molecule has 0 radical (unpaired) electrons. The summed E-state index contributed by atoms with van der Waals surface area (Å²) in [5.74, 6) is -0.795. The zero-order valence-corrected chi connectivity index (χ0v) is 17.2. The first-order valence-corrected chi connectivity index (χ1v) is 11.1. The van der Waals surface area contributed by atoms with Crippen molar-refractivity contribution in [2.45, 2.75) is 38.5 Å². The van der Waals surface area contributed by atoms with Crippen molar-refractivity contribution in [2.75, 3.05) is 17.7 Å². The van der Waals surface area contributed by atoms with Gasteiger partial charge < -0.3 is 10.1 Å². The normalized spacial score (nSPS) is 11.2. The van der Waals surface area contributed by atoms with Crippen LogP contribution in [0.3, 0.4) is 0 Å². The van der Waals surface area contributed by atoms with Crippen LogP contribution in [0.1, 0.15) is 40.6 Å². The quantitative estimate of drug-likeness (QED) is 0.671. The molecule has 6 nitrogen and oxygen atoms in total. The molecule has 0 aliphatic heterocycles. The van der Waals surface area contributed by atoms with Crippen LogP contribution in [0.2, 0.25) is 0 Å². The number of thiophene rings is 1. The Bertz CT molecular complexity index is 914. The molecular formula is C19H23NO5S2. The smallest absolute Gasteiger partial charge is 0.348 e. The van der Waals surface area contributed by atoms with Gasteiger partial charge in [0.1, 0.15) is 4.88 Å². The summed E-state index contributed by atoms with van der Waals surface area (Å²) in [5.41, 5.74) is 1.72. The Morgan fingerprint density at radius 1 is 1.15 bits per heavy atom. The molecule has 1 N–H and O–H groups in total. The summed E-state index contributed by atoms with van der Waals surface area (Å²) in [6.45, 7) is 5.68. The molecule has 1 aromatic heterocycles. The zero-order chi connectivity index (χ0) is 20.0. The Morgan fingerprint density at radius 2 is 1.81 bits per heavy atom. The Labute approximate surface area is 163 Å². The number of aryl methyl sites for hydroxylation is 2. The predicted molar refractivity (Wildman–Crippen MR) is 106 cm³/mol. The van der Waals surface area contributed by atoms with Gasteiger partial charge in [0.2, 0.25) is 5.91 Å². The van der Waals surface area contributed by atoms with Gasteiger partial charge in [-0.2, -0.15) is 0 Å². The fraction of sp³-hybridized carbons (Fsp3) is 0.368. The van der Waals surface area contributed by atoms with Crippen LogP contribution in [0.5, 0.6) is 0 Å². The molecule has 0 aliphatic carbocycles. The number of amides is 1. The van der Waals surface area contributed by atoms with Crippen LogP contribution in [0.15, 0.2) is 35.2 Å². The molecule has 2 rings (SSSR count). The van der Waals surface area contributed by atoms with E-state index in [1.807, 2.05) is 6.92 Å². The van der Waals surface area contributed by atoms with Gasteiger partial charge in [-0.1, -0.05) is 17.7 Å². The fourth-order valence-corrected chi connectivity index (χ4v) is 4.72. The summed E-state index contributed by atoms with van der Waals surface area (Å²) in [6.07, 6.45) is 0.300. The molecule has 27 heavy (non-hydrogen) atoms. The lowest BCUT2D eigenvalue weighted by molar-refractivity contribution is -0.116. The summed E-state index contributed by atoms with van der Waals surface area (Å²) < 4.78 is 29.5. The van der Waals surface area contributed by atoms with Gasteiger partial charge in [-0.3, -0.25) is 4.79 Å². The summed E-state index contributed by atoms with van der Waals surface area (Å²) in [7, 11) is -3.40. The molecule has 8 heteroatoms. The molecule has 146 valence electrons. The number of anilines is 1. The van der Waals surface area contributed by atoms with Crippen LogP contribution < -0.4 is 5.32 Å². The van der Waals surface area contributed by atoms with Gasteiger partial charge in [0.25, 0.3) is 0 Å². The van der Waals surface area contributed by atoms with Gasteiger partial charge in [-0.15, -0.1) is 11.3 Å². The van der Waals surface area contributed by atoms with Crippen molar-refractivity contribution < 1.29 is 22.7 Å². The third kappa shape index (κ3) is 5.90. The number of ether oxygens (including phenoxy) is 1. The number of carbonyl (C=O) groups excluding carboxylic acids is 2. The topological polar surface area (TPSA) is 89.5 Å². The fourth-order valence-electron chi connectivity index (χ4n) is 2.43. The van der Waals surface area contributed by atoms with E-state index >= 15 is 0 Å². The van der Waals surface area contributed by atoms with Crippen molar-refractivity contribution in [3.8, 4) is 0 Å². The average molecular weight is 410 g/mol. The molecule has 1 amide bonds. The number of sulfone groups is 1. The van der Waals surface area contributed by atoms with Gasteiger partial charge >= 0.3 is 5.97 Å². The highest BCUT2D eigenvalue weighted by molar-refractivity contribution is 7.91. The first-order valence-electron chi connectivity index (χ1n) is 8.59. The number of hydrogen-bond acceptors (Lipinski definition) is 6. The number of nitrogens with one attached hydrogen (secondary N) is 1. The van der Waals surface area contributed by atoms with Crippen molar-refractivity contribution in [2.24, 2.45) is 0 Å². The lowest BCUT2D eigenvalue weighted by Crippen LogP contribution is -2.13. The molecule has 0 fully saturated rings. The second-order valence-corrected chi connectivity index (χ2v) is 9.29. The number of carbonyl (C=O) groups is 2. The minimum absolute atomic E-state index is 0.0801. The van der Waals surface area contributed by atoms with E-state index in [0.717, 1.165) is 22.5 Å². The maximum Gasteiger partial charge on any atom is 0.348 e. The van der Waals surface area contributed by atoms with Gasteiger partial charge in [0.15, 0.2) is 9.84 Å². The molecule has 1 aromatic carbocycles. The molecule has 0 atom stereocenters. The molecule has 1 heterocycles. The van der Waals surface area contributed by atoms with E-state index in [1.165, 1.54) is 0 Å². The van der Waals surface area contributed by atoms with E-state index in [-0.39, 0.29) is 36.0 Å². The minimum atomic E-state index is -3.40. The van der Waals surface area contributed by atoms with Crippen LogP contribution in [0.25, 0.3) is 0 Å². The number of rotatable bonds is 8. The maximum absolute atomic E-state index is 12.3. The Morgan fingerprint density at radius 3 is 2.44 bits per heavy atom. The van der Waals surface area contributed by atoms with Gasteiger partial charge in [-0.05, 0) is 51.0 Å². The minimum Gasteiger partial charge on any atom is -0.462 e. The summed E-state index contributed by atoms with van der Waals surface area (Å²) >= 11 is 1.15. The second kappa shape index (κ2) is 9.14. The van der Waals surface area contributed by atoms with Crippen molar-refractivity contribution in [1.29, 1.82) is 0 Å².